The summed E-state index contributed by atoms with van der Waals surface area (Å²) in [6, 6.07) is 0.947. The minimum absolute atomic E-state index is 0.156. The molecule has 23 heavy (non-hydrogen) atoms. The molecule has 0 fully saturated rings. The molecule has 0 saturated heterocycles. The number of aliphatic carboxylic acids is 1. The molecule has 0 aromatic carbocycles. The maximum Gasteiger partial charge on any atom is 0.326 e. The van der Waals surface area contributed by atoms with E-state index in [-0.39, 0.29) is 5.92 Å². The van der Waals surface area contributed by atoms with Gasteiger partial charge in [-0.25, -0.2) is 14.3 Å². The van der Waals surface area contributed by atoms with Gasteiger partial charge in [-0.2, -0.15) is 5.10 Å². The average molecular weight is 318 g/mol. The van der Waals surface area contributed by atoms with Gasteiger partial charge in [0.1, 0.15) is 11.6 Å². The minimum atomic E-state index is -1.04. The zero-order valence-electron chi connectivity index (χ0n) is 14.0. The van der Waals surface area contributed by atoms with Crippen molar-refractivity contribution in [2.45, 2.75) is 47.1 Å². The lowest BCUT2D eigenvalue weighted by atomic mass is 10.0. The molecular weight excluding hydrogens is 296 g/mol. The van der Waals surface area contributed by atoms with Crippen molar-refractivity contribution in [2.75, 3.05) is 0 Å². The summed E-state index contributed by atoms with van der Waals surface area (Å²) >= 11 is 0. The Balaban J connectivity index is 2.41. The van der Waals surface area contributed by atoms with Crippen molar-refractivity contribution in [3.05, 3.63) is 28.7 Å². The number of carboxylic acids is 1. The Morgan fingerprint density at radius 2 is 1.96 bits per heavy atom. The van der Waals surface area contributed by atoms with Crippen LogP contribution in [-0.4, -0.2) is 37.6 Å². The number of fused-ring (bicyclic) bond motifs is 1. The van der Waals surface area contributed by atoms with Crippen molar-refractivity contribution >= 4 is 17.5 Å². The first-order chi connectivity index (χ1) is 10.7. The fourth-order valence-electron chi connectivity index (χ4n) is 2.62. The zero-order chi connectivity index (χ0) is 17.3. The summed E-state index contributed by atoms with van der Waals surface area (Å²) in [6.07, 6.45) is 0.366. The van der Waals surface area contributed by atoms with Gasteiger partial charge in [0.2, 0.25) is 0 Å². The molecule has 7 nitrogen and oxygen atoms in total. The molecule has 7 heteroatoms. The third kappa shape index (κ3) is 3.49. The first kappa shape index (κ1) is 16.9. The highest BCUT2D eigenvalue weighted by Crippen LogP contribution is 2.17. The van der Waals surface area contributed by atoms with Crippen LogP contribution in [0, 0.1) is 26.7 Å². The van der Waals surface area contributed by atoms with E-state index >= 15 is 0 Å². The van der Waals surface area contributed by atoms with E-state index in [4.69, 9.17) is 0 Å². The predicted molar refractivity (Wildman–Crippen MR) is 85.5 cm³/mol. The van der Waals surface area contributed by atoms with Crippen LogP contribution < -0.4 is 5.32 Å². The molecule has 124 valence electrons. The Kier molecular flexibility index (Phi) is 4.68. The largest absolute Gasteiger partial charge is 0.480 e. The fraction of sp³-hybridized carbons (Fsp3) is 0.500. The number of carboxylic acid groups (broad SMARTS) is 1. The number of carbonyl (C=O) groups is 2. The molecule has 0 unspecified atom stereocenters. The van der Waals surface area contributed by atoms with Crippen LogP contribution in [0.15, 0.2) is 6.07 Å². The first-order valence-electron chi connectivity index (χ1n) is 7.58. The second-order valence-corrected chi connectivity index (χ2v) is 6.23. The smallest absolute Gasteiger partial charge is 0.326 e. The lowest BCUT2D eigenvalue weighted by molar-refractivity contribution is -0.139. The Labute approximate surface area is 134 Å². The van der Waals surface area contributed by atoms with Gasteiger partial charge in [-0.1, -0.05) is 13.8 Å². The summed E-state index contributed by atoms with van der Waals surface area (Å²) in [7, 11) is 0. The highest BCUT2D eigenvalue weighted by Gasteiger charge is 2.26. The molecule has 2 heterocycles. The van der Waals surface area contributed by atoms with Crippen LogP contribution in [0.2, 0.25) is 0 Å². The SMILES string of the molecule is Cc1cc(C)n2nc(C)c(C(=O)N[C@H](CC(C)C)C(=O)O)c2n1. The molecule has 0 radical (unpaired) electrons. The number of nitrogens with zero attached hydrogens (tertiary/aromatic N) is 3. The fourth-order valence-corrected chi connectivity index (χ4v) is 2.62. The summed E-state index contributed by atoms with van der Waals surface area (Å²) in [4.78, 5) is 28.3. The molecule has 0 bridgehead atoms. The minimum Gasteiger partial charge on any atom is -0.480 e. The Hall–Kier alpha value is -2.44. The third-order valence-corrected chi connectivity index (χ3v) is 3.61. The second kappa shape index (κ2) is 6.36. The van der Waals surface area contributed by atoms with Gasteiger partial charge in [-0.3, -0.25) is 4.79 Å². The molecule has 2 aromatic heterocycles. The van der Waals surface area contributed by atoms with Gasteiger partial charge < -0.3 is 10.4 Å². The van der Waals surface area contributed by atoms with Crippen LogP contribution in [0.5, 0.6) is 0 Å². The molecule has 0 saturated carbocycles. The van der Waals surface area contributed by atoms with Gasteiger partial charge >= 0.3 is 5.97 Å². The molecule has 0 spiro atoms. The number of carbonyl (C=O) groups excluding carboxylic acids is 1. The van der Waals surface area contributed by atoms with Gasteiger partial charge in [0.25, 0.3) is 5.91 Å². The second-order valence-electron chi connectivity index (χ2n) is 6.23. The average Bonchev–Trinajstić information content (AvgIpc) is 2.73. The normalized spacial score (nSPS) is 12.6. The first-order valence-corrected chi connectivity index (χ1v) is 7.58. The predicted octanol–water partition coefficient (Wildman–Crippen LogP) is 1.88. The van der Waals surface area contributed by atoms with Crippen LogP contribution in [-0.2, 0) is 4.79 Å². The maximum atomic E-state index is 12.6. The molecule has 0 aliphatic carbocycles. The lowest BCUT2D eigenvalue weighted by Gasteiger charge is -2.16. The zero-order valence-corrected chi connectivity index (χ0v) is 14.0. The molecule has 0 aliphatic rings. The summed E-state index contributed by atoms with van der Waals surface area (Å²) in [5.41, 5.74) is 2.95. The van der Waals surface area contributed by atoms with Crippen molar-refractivity contribution in [3.63, 3.8) is 0 Å². The Bertz CT molecular complexity index is 764. The molecular formula is C16H22N4O3. The van der Waals surface area contributed by atoms with Crippen LogP contribution in [0.1, 0.15) is 47.7 Å². The van der Waals surface area contributed by atoms with Gasteiger partial charge in [0, 0.05) is 11.4 Å². The number of aromatic nitrogens is 3. The monoisotopic (exact) mass is 318 g/mol. The van der Waals surface area contributed by atoms with E-state index in [1.54, 1.807) is 11.4 Å². The van der Waals surface area contributed by atoms with Gasteiger partial charge in [0.15, 0.2) is 5.65 Å². The summed E-state index contributed by atoms with van der Waals surface area (Å²) < 4.78 is 1.61. The van der Waals surface area contributed by atoms with E-state index in [0.29, 0.717) is 23.3 Å². The van der Waals surface area contributed by atoms with E-state index in [2.05, 4.69) is 15.4 Å². The van der Waals surface area contributed by atoms with Crippen molar-refractivity contribution in [3.8, 4) is 0 Å². The highest BCUT2D eigenvalue weighted by molar-refractivity contribution is 6.02. The summed E-state index contributed by atoms with van der Waals surface area (Å²) in [6.45, 7) is 9.27. The topological polar surface area (TPSA) is 96.6 Å². The Morgan fingerprint density at radius 1 is 1.30 bits per heavy atom. The van der Waals surface area contributed by atoms with E-state index in [9.17, 15) is 14.7 Å². The number of nitrogens with one attached hydrogen (secondary N) is 1. The van der Waals surface area contributed by atoms with Crippen molar-refractivity contribution in [1.29, 1.82) is 0 Å². The van der Waals surface area contributed by atoms with Crippen molar-refractivity contribution in [1.82, 2.24) is 19.9 Å². The molecule has 2 aromatic rings. The lowest BCUT2D eigenvalue weighted by Crippen LogP contribution is -2.41. The third-order valence-electron chi connectivity index (χ3n) is 3.61. The number of hydrogen-bond acceptors (Lipinski definition) is 4. The van der Waals surface area contributed by atoms with E-state index in [1.165, 1.54) is 0 Å². The molecule has 1 atom stereocenters. The molecule has 1 amide bonds. The van der Waals surface area contributed by atoms with Gasteiger partial charge in [0.05, 0.1) is 5.69 Å². The molecule has 2 N–H and O–H groups in total. The number of aryl methyl sites for hydroxylation is 3. The highest BCUT2D eigenvalue weighted by atomic mass is 16.4. The summed E-state index contributed by atoms with van der Waals surface area (Å²) in [5, 5.41) is 16.2. The van der Waals surface area contributed by atoms with E-state index in [1.807, 2.05) is 33.8 Å². The van der Waals surface area contributed by atoms with Crippen LogP contribution >= 0.6 is 0 Å². The van der Waals surface area contributed by atoms with Crippen molar-refractivity contribution < 1.29 is 14.7 Å². The standard InChI is InChI=1S/C16H22N4O3/c1-8(2)6-12(16(22)23)18-15(21)13-11(5)19-20-10(4)7-9(3)17-14(13)20/h7-8,12H,6H2,1-5H3,(H,18,21)(H,22,23)/t12-/m1/s1. The van der Waals surface area contributed by atoms with Crippen LogP contribution in [0.3, 0.4) is 0 Å². The van der Waals surface area contributed by atoms with Crippen LogP contribution in [0.4, 0.5) is 0 Å². The summed E-state index contributed by atoms with van der Waals surface area (Å²) in [5.74, 6) is -1.34. The molecule has 2 rings (SSSR count). The van der Waals surface area contributed by atoms with Crippen molar-refractivity contribution in [2.24, 2.45) is 5.92 Å². The van der Waals surface area contributed by atoms with Gasteiger partial charge in [-0.05, 0) is 39.2 Å². The van der Waals surface area contributed by atoms with E-state index < -0.39 is 17.9 Å². The number of rotatable bonds is 5. The number of amides is 1. The Morgan fingerprint density at radius 3 is 2.52 bits per heavy atom. The van der Waals surface area contributed by atoms with Crippen LogP contribution in [0.25, 0.3) is 5.65 Å². The maximum absolute atomic E-state index is 12.6. The van der Waals surface area contributed by atoms with Gasteiger partial charge in [-0.15, -0.1) is 0 Å². The van der Waals surface area contributed by atoms with E-state index in [0.717, 1.165) is 11.4 Å². The molecule has 0 aliphatic heterocycles. The number of hydrogen-bond donors (Lipinski definition) is 2. The quantitative estimate of drug-likeness (QED) is 0.877.